The minimum atomic E-state index is -1.04. The number of carbonyl (C=O) groups is 2. The highest BCUT2D eigenvalue weighted by molar-refractivity contribution is 5.78. The zero-order valence-electron chi connectivity index (χ0n) is 14.7. The fourth-order valence-electron chi connectivity index (χ4n) is 2.72. The number of aliphatic carboxylic acids is 1. The van der Waals surface area contributed by atoms with Crippen molar-refractivity contribution in [2.24, 2.45) is 0 Å². The van der Waals surface area contributed by atoms with Crippen LogP contribution in [0.5, 0.6) is 5.75 Å². The lowest BCUT2D eigenvalue weighted by molar-refractivity contribution is -0.137. The molecule has 0 aliphatic heterocycles. The summed E-state index contributed by atoms with van der Waals surface area (Å²) in [5.41, 5.74) is 1.51. The molecule has 0 saturated carbocycles. The highest BCUT2D eigenvalue weighted by atomic mass is 19.1. The van der Waals surface area contributed by atoms with Crippen LogP contribution in [0.15, 0.2) is 48.5 Å². The van der Waals surface area contributed by atoms with Crippen molar-refractivity contribution in [3.63, 3.8) is 0 Å². The van der Waals surface area contributed by atoms with Crippen molar-refractivity contribution in [3.8, 4) is 5.75 Å². The van der Waals surface area contributed by atoms with E-state index in [2.05, 4.69) is 5.32 Å². The molecule has 26 heavy (non-hydrogen) atoms. The van der Waals surface area contributed by atoms with Gasteiger partial charge in [-0.3, -0.25) is 9.59 Å². The van der Waals surface area contributed by atoms with Gasteiger partial charge in [0.05, 0.1) is 19.6 Å². The number of amides is 1. The maximum absolute atomic E-state index is 13.1. The van der Waals surface area contributed by atoms with Gasteiger partial charge < -0.3 is 15.2 Å². The fourth-order valence-corrected chi connectivity index (χ4v) is 2.72. The van der Waals surface area contributed by atoms with Crippen LogP contribution in [-0.4, -0.2) is 24.1 Å². The van der Waals surface area contributed by atoms with E-state index >= 15 is 0 Å². The maximum Gasteiger partial charge on any atom is 0.305 e. The Balaban J connectivity index is 2.06. The Labute approximate surface area is 151 Å². The first kappa shape index (κ1) is 19.4. The van der Waals surface area contributed by atoms with Crippen molar-refractivity contribution >= 4 is 11.9 Å². The topological polar surface area (TPSA) is 75.6 Å². The van der Waals surface area contributed by atoms with Crippen LogP contribution in [-0.2, 0) is 9.59 Å². The summed E-state index contributed by atoms with van der Waals surface area (Å²) in [5.74, 6) is -1.08. The normalized spacial score (nSPS) is 12.9. The Morgan fingerprint density at radius 3 is 2.42 bits per heavy atom. The van der Waals surface area contributed by atoms with Gasteiger partial charge in [0.2, 0.25) is 5.91 Å². The lowest BCUT2D eigenvalue weighted by Gasteiger charge is -2.19. The van der Waals surface area contributed by atoms with E-state index in [-0.39, 0.29) is 24.7 Å². The van der Waals surface area contributed by atoms with Gasteiger partial charge >= 0.3 is 5.97 Å². The maximum atomic E-state index is 13.1. The molecular weight excluding hydrogens is 337 g/mol. The van der Waals surface area contributed by atoms with Crippen LogP contribution >= 0.6 is 0 Å². The van der Waals surface area contributed by atoms with Crippen molar-refractivity contribution in [3.05, 3.63) is 65.5 Å². The molecule has 0 heterocycles. The fraction of sp³-hybridized carbons (Fsp3) is 0.300. The van der Waals surface area contributed by atoms with Gasteiger partial charge in [0.15, 0.2) is 0 Å². The van der Waals surface area contributed by atoms with E-state index in [4.69, 9.17) is 9.84 Å². The lowest BCUT2D eigenvalue weighted by Crippen LogP contribution is -2.30. The van der Waals surface area contributed by atoms with Gasteiger partial charge in [-0.2, -0.15) is 0 Å². The van der Waals surface area contributed by atoms with Crippen LogP contribution in [0.1, 0.15) is 42.9 Å². The second-order valence-electron chi connectivity index (χ2n) is 6.15. The number of carbonyl (C=O) groups excluding carboxylic acids is 1. The van der Waals surface area contributed by atoms with Gasteiger partial charge in [0, 0.05) is 6.42 Å². The predicted molar refractivity (Wildman–Crippen MR) is 95.6 cm³/mol. The number of ether oxygens (including phenoxy) is 1. The molecule has 2 unspecified atom stereocenters. The molecule has 2 atom stereocenters. The van der Waals surface area contributed by atoms with Crippen LogP contribution in [0, 0.1) is 5.82 Å². The zero-order chi connectivity index (χ0) is 19.1. The lowest BCUT2D eigenvalue weighted by atomic mass is 9.96. The average Bonchev–Trinajstić information content (AvgIpc) is 2.61. The molecule has 0 fully saturated rings. The second-order valence-corrected chi connectivity index (χ2v) is 6.15. The molecule has 2 aromatic carbocycles. The Morgan fingerprint density at radius 1 is 1.12 bits per heavy atom. The zero-order valence-corrected chi connectivity index (χ0v) is 14.7. The van der Waals surface area contributed by atoms with E-state index < -0.39 is 17.8 Å². The summed E-state index contributed by atoms with van der Waals surface area (Å²) < 4.78 is 18.3. The van der Waals surface area contributed by atoms with Gasteiger partial charge in [-0.1, -0.05) is 31.2 Å². The number of methoxy groups -OCH3 is 1. The molecule has 0 aliphatic carbocycles. The Hall–Kier alpha value is -2.89. The van der Waals surface area contributed by atoms with Crippen molar-refractivity contribution in [1.82, 2.24) is 5.32 Å². The minimum Gasteiger partial charge on any atom is -0.497 e. The molecule has 2 rings (SSSR count). The summed E-state index contributed by atoms with van der Waals surface area (Å²) in [6, 6.07) is 12.2. The number of hydrogen-bond donors (Lipinski definition) is 2. The average molecular weight is 359 g/mol. The number of rotatable bonds is 8. The number of halogens is 1. The SMILES string of the molecule is COc1cccc(C(C)CC(=O)NC(CC(=O)O)c2ccc(F)cc2)c1. The molecule has 0 radical (unpaired) electrons. The summed E-state index contributed by atoms with van der Waals surface area (Å²) in [7, 11) is 1.58. The summed E-state index contributed by atoms with van der Waals surface area (Å²) in [6.45, 7) is 1.92. The summed E-state index contributed by atoms with van der Waals surface area (Å²) in [5, 5.41) is 11.8. The van der Waals surface area contributed by atoms with Gasteiger partial charge in [-0.05, 0) is 41.3 Å². The van der Waals surface area contributed by atoms with E-state index in [1.165, 1.54) is 24.3 Å². The number of nitrogens with one attached hydrogen (secondary N) is 1. The third-order valence-corrected chi connectivity index (χ3v) is 4.14. The van der Waals surface area contributed by atoms with Crippen LogP contribution in [0.2, 0.25) is 0 Å². The summed E-state index contributed by atoms with van der Waals surface area (Å²) in [4.78, 5) is 23.5. The highest BCUT2D eigenvalue weighted by Crippen LogP contribution is 2.24. The molecule has 0 spiro atoms. The molecule has 0 aliphatic rings. The first-order valence-electron chi connectivity index (χ1n) is 8.29. The third-order valence-electron chi connectivity index (χ3n) is 4.14. The van der Waals surface area contributed by atoms with Crippen molar-refractivity contribution < 1.29 is 23.8 Å². The van der Waals surface area contributed by atoms with Crippen molar-refractivity contribution in [2.75, 3.05) is 7.11 Å². The smallest absolute Gasteiger partial charge is 0.305 e. The molecule has 6 heteroatoms. The van der Waals surface area contributed by atoms with Crippen LogP contribution < -0.4 is 10.1 Å². The van der Waals surface area contributed by atoms with Crippen molar-refractivity contribution in [2.45, 2.75) is 31.7 Å². The van der Waals surface area contributed by atoms with E-state index in [1.54, 1.807) is 7.11 Å². The summed E-state index contributed by atoms with van der Waals surface area (Å²) >= 11 is 0. The van der Waals surface area contributed by atoms with Gasteiger partial charge in [0.1, 0.15) is 11.6 Å². The largest absolute Gasteiger partial charge is 0.497 e. The standard InChI is InChI=1S/C20H22FNO4/c1-13(15-4-3-5-17(11-15)26-2)10-19(23)22-18(12-20(24)25)14-6-8-16(21)9-7-14/h3-9,11,13,18H,10,12H2,1-2H3,(H,22,23)(H,24,25). The Morgan fingerprint density at radius 2 is 1.81 bits per heavy atom. The van der Waals surface area contributed by atoms with Crippen LogP contribution in [0.25, 0.3) is 0 Å². The second kappa shape index (κ2) is 8.99. The Kier molecular flexibility index (Phi) is 6.72. The number of benzene rings is 2. The van der Waals surface area contributed by atoms with E-state index in [1.807, 2.05) is 31.2 Å². The van der Waals surface area contributed by atoms with E-state index in [9.17, 15) is 14.0 Å². The number of hydrogen-bond acceptors (Lipinski definition) is 3. The van der Waals surface area contributed by atoms with E-state index in [0.717, 1.165) is 5.56 Å². The molecule has 5 nitrogen and oxygen atoms in total. The first-order chi connectivity index (χ1) is 12.4. The molecular formula is C20H22FNO4. The molecule has 0 aromatic heterocycles. The monoisotopic (exact) mass is 359 g/mol. The number of carboxylic acids is 1. The molecule has 1 amide bonds. The molecule has 2 aromatic rings. The third kappa shape index (κ3) is 5.58. The predicted octanol–water partition coefficient (Wildman–Crippen LogP) is 3.66. The summed E-state index contributed by atoms with van der Waals surface area (Å²) in [6.07, 6.45) is -0.0740. The van der Waals surface area contributed by atoms with Crippen LogP contribution in [0.3, 0.4) is 0 Å². The van der Waals surface area contributed by atoms with Gasteiger partial charge in [-0.15, -0.1) is 0 Å². The molecule has 0 bridgehead atoms. The van der Waals surface area contributed by atoms with Gasteiger partial charge in [0.25, 0.3) is 0 Å². The minimum absolute atomic E-state index is 0.0659. The van der Waals surface area contributed by atoms with Crippen molar-refractivity contribution in [1.29, 1.82) is 0 Å². The molecule has 0 saturated heterocycles. The van der Waals surface area contributed by atoms with Gasteiger partial charge in [-0.25, -0.2) is 4.39 Å². The molecule has 138 valence electrons. The molecule has 2 N–H and O–H groups in total. The first-order valence-corrected chi connectivity index (χ1v) is 8.29. The highest BCUT2D eigenvalue weighted by Gasteiger charge is 2.20. The number of carboxylic acid groups (broad SMARTS) is 1. The quantitative estimate of drug-likeness (QED) is 0.754. The van der Waals surface area contributed by atoms with E-state index in [0.29, 0.717) is 11.3 Å². The Bertz CT molecular complexity index is 761. The van der Waals surface area contributed by atoms with Crippen LogP contribution in [0.4, 0.5) is 4.39 Å².